The standard InChI is InChI=1S/C17H10O5/c18-17(21-13-5-1-3-11-7-9-19-15(11)13)22-14-6-2-4-12-8-10-20-16(12)14/h1-10H. The maximum atomic E-state index is 12.0. The van der Waals surface area contributed by atoms with E-state index in [0.29, 0.717) is 22.7 Å². The van der Waals surface area contributed by atoms with Crippen molar-refractivity contribution in [3.8, 4) is 11.5 Å². The Morgan fingerprint density at radius 1 is 0.727 bits per heavy atom. The third-order valence-corrected chi connectivity index (χ3v) is 3.27. The Bertz CT molecular complexity index is 885. The molecule has 2 heterocycles. The van der Waals surface area contributed by atoms with Gasteiger partial charge in [-0.1, -0.05) is 24.3 Å². The van der Waals surface area contributed by atoms with Gasteiger partial charge in [-0.05, 0) is 24.3 Å². The Hall–Kier alpha value is -3.21. The smallest absolute Gasteiger partial charge is 0.460 e. The highest BCUT2D eigenvalue weighted by molar-refractivity contribution is 5.87. The quantitative estimate of drug-likeness (QED) is 0.394. The molecule has 108 valence electrons. The number of carbonyl (C=O) groups excluding carboxylic acids is 1. The maximum absolute atomic E-state index is 12.0. The van der Waals surface area contributed by atoms with Crippen LogP contribution in [-0.4, -0.2) is 6.16 Å². The molecule has 0 saturated heterocycles. The van der Waals surface area contributed by atoms with Crippen molar-refractivity contribution in [3.63, 3.8) is 0 Å². The molecule has 0 aliphatic carbocycles. The molecule has 0 radical (unpaired) electrons. The highest BCUT2D eigenvalue weighted by atomic mass is 16.7. The largest absolute Gasteiger partial charge is 0.519 e. The first kappa shape index (κ1) is 12.5. The van der Waals surface area contributed by atoms with Crippen molar-refractivity contribution in [2.45, 2.75) is 0 Å². The van der Waals surface area contributed by atoms with Gasteiger partial charge in [-0.25, -0.2) is 4.79 Å². The van der Waals surface area contributed by atoms with Crippen LogP contribution < -0.4 is 9.47 Å². The van der Waals surface area contributed by atoms with Crippen LogP contribution in [0.15, 0.2) is 69.9 Å². The van der Waals surface area contributed by atoms with Crippen molar-refractivity contribution < 1.29 is 23.1 Å². The number of benzene rings is 2. The minimum Gasteiger partial charge on any atom is -0.460 e. The lowest BCUT2D eigenvalue weighted by Gasteiger charge is -2.06. The summed E-state index contributed by atoms with van der Waals surface area (Å²) in [6.45, 7) is 0. The van der Waals surface area contributed by atoms with Crippen molar-refractivity contribution in [1.29, 1.82) is 0 Å². The molecule has 0 fully saturated rings. The van der Waals surface area contributed by atoms with E-state index in [9.17, 15) is 4.79 Å². The molecule has 22 heavy (non-hydrogen) atoms. The summed E-state index contributed by atoms with van der Waals surface area (Å²) in [5, 5.41) is 1.69. The van der Waals surface area contributed by atoms with E-state index in [1.165, 1.54) is 12.5 Å². The van der Waals surface area contributed by atoms with Gasteiger partial charge in [0, 0.05) is 10.8 Å². The van der Waals surface area contributed by atoms with Crippen molar-refractivity contribution >= 4 is 28.1 Å². The number of carbonyl (C=O) groups is 1. The Labute approximate surface area is 124 Å². The van der Waals surface area contributed by atoms with E-state index in [1.807, 2.05) is 12.1 Å². The van der Waals surface area contributed by atoms with Gasteiger partial charge in [0.05, 0.1) is 12.5 Å². The molecule has 0 bridgehead atoms. The molecule has 0 atom stereocenters. The van der Waals surface area contributed by atoms with Crippen molar-refractivity contribution in [3.05, 3.63) is 61.1 Å². The molecule has 0 spiro atoms. The summed E-state index contributed by atoms with van der Waals surface area (Å²) in [5.41, 5.74) is 0.992. The average Bonchev–Trinajstić information content (AvgIpc) is 3.16. The predicted molar refractivity (Wildman–Crippen MR) is 79.1 cm³/mol. The van der Waals surface area contributed by atoms with Crippen LogP contribution in [0.2, 0.25) is 0 Å². The summed E-state index contributed by atoms with van der Waals surface area (Å²) >= 11 is 0. The summed E-state index contributed by atoms with van der Waals surface area (Å²) in [4.78, 5) is 12.0. The first-order valence-electron chi connectivity index (χ1n) is 6.63. The van der Waals surface area contributed by atoms with E-state index < -0.39 is 6.16 Å². The van der Waals surface area contributed by atoms with Gasteiger partial charge >= 0.3 is 6.16 Å². The summed E-state index contributed by atoms with van der Waals surface area (Å²) in [7, 11) is 0. The Morgan fingerprint density at radius 2 is 1.23 bits per heavy atom. The second-order valence-corrected chi connectivity index (χ2v) is 4.64. The van der Waals surface area contributed by atoms with Crippen LogP contribution in [0.25, 0.3) is 21.9 Å². The number of ether oxygens (including phenoxy) is 2. The lowest BCUT2D eigenvalue weighted by atomic mass is 10.2. The Morgan fingerprint density at radius 3 is 1.73 bits per heavy atom. The van der Waals surface area contributed by atoms with Gasteiger partial charge in [-0.3, -0.25) is 0 Å². The normalized spacial score (nSPS) is 10.9. The van der Waals surface area contributed by atoms with E-state index in [1.54, 1.807) is 36.4 Å². The summed E-state index contributed by atoms with van der Waals surface area (Å²) in [6.07, 6.45) is 2.21. The second-order valence-electron chi connectivity index (χ2n) is 4.64. The molecular weight excluding hydrogens is 284 g/mol. The SMILES string of the molecule is O=C(Oc1cccc2ccoc12)Oc1cccc2ccoc12. The number of para-hydroxylation sites is 2. The summed E-state index contributed by atoms with van der Waals surface area (Å²) in [5.74, 6) is 0.609. The molecule has 4 rings (SSSR count). The van der Waals surface area contributed by atoms with Gasteiger partial charge in [-0.2, -0.15) is 0 Å². The first-order valence-corrected chi connectivity index (χ1v) is 6.63. The minimum atomic E-state index is -0.854. The molecule has 5 nitrogen and oxygen atoms in total. The minimum absolute atomic E-state index is 0.305. The zero-order valence-electron chi connectivity index (χ0n) is 11.3. The fourth-order valence-corrected chi connectivity index (χ4v) is 2.29. The van der Waals surface area contributed by atoms with E-state index in [2.05, 4.69) is 0 Å². The van der Waals surface area contributed by atoms with Gasteiger partial charge in [0.25, 0.3) is 0 Å². The maximum Gasteiger partial charge on any atom is 0.519 e. The number of hydrogen-bond acceptors (Lipinski definition) is 5. The van der Waals surface area contributed by atoms with Gasteiger partial charge < -0.3 is 18.3 Å². The predicted octanol–water partition coefficient (Wildman–Crippen LogP) is 4.76. The lowest BCUT2D eigenvalue weighted by molar-refractivity contribution is 0.152. The molecule has 2 aromatic carbocycles. The van der Waals surface area contributed by atoms with Gasteiger partial charge in [0.15, 0.2) is 22.7 Å². The third-order valence-electron chi connectivity index (χ3n) is 3.27. The summed E-state index contributed by atoms with van der Waals surface area (Å²) in [6, 6.07) is 14.1. The van der Waals surface area contributed by atoms with Crippen LogP contribution in [0.5, 0.6) is 11.5 Å². The van der Waals surface area contributed by atoms with Crippen LogP contribution >= 0.6 is 0 Å². The number of furan rings is 2. The zero-order valence-corrected chi connectivity index (χ0v) is 11.3. The Kier molecular flexibility index (Phi) is 2.83. The third kappa shape index (κ3) is 2.09. The molecule has 0 saturated carbocycles. The molecule has 4 aromatic rings. The van der Waals surface area contributed by atoms with Gasteiger partial charge in [-0.15, -0.1) is 0 Å². The fourth-order valence-electron chi connectivity index (χ4n) is 2.29. The first-order chi connectivity index (χ1) is 10.8. The molecule has 5 heteroatoms. The van der Waals surface area contributed by atoms with Crippen molar-refractivity contribution in [2.24, 2.45) is 0 Å². The van der Waals surface area contributed by atoms with E-state index >= 15 is 0 Å². The molecule has 0 amide bonds. The molecule has 0 N–H and O–H groups in total. The fraction of sp³-hybridized carbons (Fsp3) is 0. The second kappa shape index (κ2) is 4.96. The van der Waals surface area contributed by atoms with Crippen molar-refractivity contribution in [1.82, 2.24) is 0 Å². The van der Waals surface area contributed by atoms with Crippen LogP contribution in [0.3, 0.4) is 0 Å². The molecular formula is C17H10O5. The monoisotopic (exact) mass is 294 g/mol. The summed E-state index contributed by atoms with van der Waals surface area (Å²) < 4.78 is 21.1. The van der Waals surface area contributed by atoms with E-state index in [-0.39, 0.29) is 0 Å². The highest BCUT2D eigenvalue weighted by Gasteiger charge is 2.15. The average molecular weight is 294 g/mol. The zero-order chi connectivity index (χ0) is 14.9. The van der Waals surface area contributed by atoms with Gasteiger partial charge in [0.2, 0.25) is 0 Å². The van der Waals surface area contributed by atoms with Crippen LogP contribution in [0, 0.1) is 0 Å². The van der Waals surface area contributed by atoms with E-state index in [0.717, 1.165) is 10.8 Å². The molecule has 0 aliphatic heterocycles. The van der Waals surface area contributed by atoms with Gasteiger partial charge in [0.1, 0.15) is 0 Å². The molecule has 2 aromatic heterocycles. The van der Waals surface area contributed by atoms with Crippen LogP contribution in [0.1, 0.15) is 0 Å². The topological polar surface area (TPSA) is 61.8 Å². The molecule has 0 aliphatic rings. The number of rotatable bonds is 2. The number of hydrogen-bond donors (Lipinski definition) is 0. The Balaban J connectivity index is 1.60. The number of fused-ring (bicyclic) bond motifs is 2. The molecule has 0 unspecified atom stereocenters. The van der Waals surface area contributed by atoms with Crippen LogP contribution in [0.4, 0.5) is 4.79 Å². The van der Waals surface area contributed by atoms with Crippen LogP contribution in [-0.2, 0) is 0 Å². The highest BCUT2D eigenvalue weighted by Crippen LogP contribution is 2.29. The van der Waals surface area contributed by atoms with Crippen molar-refractivity contribution in [2.75, 3.05) is 0 Å². The lowest BCUT2D eigenvalue weighted by Crippen LogP contribution is -2.13. The van der Waals surface area contributed by atoms with E-state index in [4.69, 9.17) is 18.3 Å².